The molecular weight excluding hydrogens is 274 g/mol. The first-order valence-electron chi connectivity index (χ1n) is 7.29. The highest BCUT2D eigenvalue weighted by atomic mass is 35.5. The SMILES string of the molecule is COc1cc(CNC2CCCCC2C)cc(Cl)c1OC. The zero-order valence-electron chi connectivity index (χ0n) is 12.5. The predicted molar refractivity (Wildman–Crippen MR) is 82.8 cm³/mol. The summed E-state index contributed by atoms with van der Waals surface area (Å²) in [7, 11) is 3.24. The highest BCUT2D eigenvalue weighted by Gasteiger charge is 2.20. The summed E-state index contributed by atoms with van der Waals surface area (Å²) >= 11 is 6.23. The van der Waals surface area contributed by atoms with Gasteiger partial charge in [-0.1, -0.05) is 31.4 Å². The van der Waals surface area contributed by atoms with Gasteiger partial charge in [0.2, 0.25) is 0 Å². The van der Waals surface area contributed by atoms with Crippen LogP contribution in [-0.2, 0) is 6.54 Å². The van der Waals surface area contributed by atoms with Crippen LogP contribution < -0.4 is 14.8 Å². The minimum Gasteiger partial charge on any atom is -0.493 e. The molecule has 0 radical (unpaired) electrons. The second-order valence-corrected chi connectivity index (χ2v) is 5.97. The van der Waals surface area contributed by atoms with Crippen LogP contribution >= 0.6 is 11.6 Å². The number of halogens is 1. The third-order valence-electron chi connectivity index (χ3n) is 4.17. The maximum atomic E-state index is 6.23. The second-order valence-electron chi connectivity index (χ2n) is 5.56. The summed E-state index contributed by atoms with van der Waals surface area (Å²) in [5.41, 5.74) is 1.13. The topological polar surface area (TPSA) is 30.5 Å². The summed E-state index contributed by atoms with van der Waals surface area (Å²) < 4.78 is 10.6. The number of hydrogen-bond donors (Lipinski definition) is 1. The highest BCUT2D eigenvalue weighted by molar-refractivity contribution is 6.32. The van der Waals surface area contributed by atoms with Gasteiger partial charge in [0.25, 0.3) is 0 Å². The third kappa shape index (κ3) is 3.58. The van der Waals surface area contributed by atoms with Gasteiger partial charge in [0, 0.05) is 12.6 Å². The molecule has 3 nitrogen and oxygen atoms in total. The Balaban J connectivity index is 2.04. The van der Waals surface area contributed by atoms with E-state index in [1.54, 1.807) is 14.2 Å². The average molecular weight is 298 g/mol. The molecule has 0 bridgehead atoms. The van der Waals surface area contributed by atoms with Gasteiger partial charge < -0.3 is 14.8 Å². The Morgan fingerprint density at radius 1 is 1.20 bits per heavy atom. The van der Waals surface area contributed by atoms with Crippen molar-refractivity contribution in [2.45, 2.75) is 45.2 Å². The van der Waals surface area contributed by atoms with Gasteiger partial charge in [-0.05, 0) is 36.5 Å². The highest BCUT2D eigenvalue weighted by Crippen LogP contribution is 2.36. The molecule has 1 aliphatic carbocycles. The Hall–Kier alpha value is -0.930. The number of ether oxygens (including phenoxy) is 2. The van der Waals surface area contributed by atoms with Crippen molar-refractivity contribution < 1.29 is 9.47 Å². The molecule has 0 spiro atoms. The first kappa shape index (κ1) is 15.5. The fourth-order valence-corrected chi connectivity index (χ4v) is 3.25. The first-order valence-corrected chi connectivity index (χ1v) is 7.67. The number of rotatable bonds is 5. The molecule has 0 aliphatic heterocycles. The second kappa shape index (κ2) is 7.19. The van der Waals surface area contributed by atoms with E-state index < -0.39 is 0 Å². The first-order chi connectivity index (χ1) is 9.65. The summed E-state index contributed by atoms with van der Waals surface area (Å²) in [6.07, 6.45) is 5.28. The summed E-state index contributed by atoms with van der Waals surface area (Å²) in [6, 6.07) is 4.55. The van der Waals surface area contributed by atoms with E-state index in [0.29, 0.717) is 22.6 Å². The van der Waals surface area contributed by atoms with E-state index in [-0.39, 0.29) is 0 Å². The molecule has 1 saturated carbocycles. The molecule has 0 heterocycles. The van der Waals surface area contributed by atoms with E-state index in [1.165, 1.54) is 25.7 Å². The van der Waals surface area contributed by atoms with Crippen LogP contribution in [0.15, 0.2) is 12.1 Å². The van der Waals surface area contributed by atoms with Crippen LogP contribution in [0.5, 0.6) is 11.5 Å². The Labute approximate surface area is 126 Å². The van der Waals surface area contributed by atoms with Gasteiger partial charge in [-0.25, -0.2) is 0 Å². The van der Waals surface area contributed by atoms with Crippen LogP contribution in [0.25, 0.3) is 0 Å². The maximum Gasteiger partial charge on any atom is 0.179 e. The summed E-state index contributed by atoms with van der Waals surface area (Å²) in [5, 5.41) is 4.25. The van der Waals surface area contributed by atoms with Crippen molar-refractivity contribution in [3.63, 3.8) is 0 Å². The van der Waals surface area contributed by atoms with Crippen molar-refractivity contribution in [1.82, 2.24) is 5.32 Å². The van der Waals surface area contributed by atoms with Crippen LogP contribution in [0.4, 0.5) is 0 Å². The lowest BCUT2D eigenvalue weighted by Crippen LogP contribution is -2.36. The van der Waals surface area contributed by atoms with Gasteiger partial charge in [0.15, 0.2) is 11.5 Å². The Morgan fingerprint density at radius 3 is 2.60 bits per heavy atom. The monoisotopic (exact) mass is 297 g/mol. The summed E-state index contributed by atoms with van der Waals surface area (Å²) in [6.45, 7) is 3.15. The molecule has 4 heteroatoms. The van der Waals surface area contributed by atoms with Gasteiger partial charge in [-0.3, -0.25) is 0 Å². The molecule has 0 aromatic heterocycles. The van der Waals surface area contributed by atoms with E-state index in [0.717, 1.165) is 18.0 Å². The van der Waals surface area contributed by atoms with Crippen molar-refractivity contribution in [3.05, 3.63) is 22.7 Å². The zero-order chi connectivity index (χ0) is 14.5. The Bertz CT molecular complexity index is 450. The van der Waals surface area contributed by atoms with Crippen LogP contribution in [0.1, 0.15) is 38.2 Å². The van der Waals surface area contributed by atoms with Gasteiger partial charge in [0.1, 0.15) is 0 Å². The molecule has 112 valence electrons. The molecule has 2 unspecified atom stereocenters. The van der Waals surface area contributed by atoms with Crippen LogP contribution in [0.3, 0.4) is 0 Å². The van der Waals surface area contributed by atoms with Gasteiger partial charge in [-0.2, -0.15) is 0 Å². The zero-order valence-corrected chi connectivity index (χ0v) is 13.3. The maximum absolute atomic E-state index is 6.23. The van der Waals surface area contributed by atoms with Crippen LogP contribution in [0, 0.1) is 5.92 Å². The van der Waals surface area contributed by atoms with E-state index in [9.17, 15) is 0 Å². The van der Waals surface area contributed by atoms with Gasteiger partial charge in [0.05, 0.1) is 19.2 Å². The quantitative estimate of drug-likeness (QED) is 0.890. The molecule has 0 saturated heterocycles. The molecule has 1 fully saturated rings. The minimum atomic E-state index is 0.598. The number of benzene rings is 1. The van der Waals surface area contributed by atoms with E-state index in [4.69, 9.17) is 21.1 Å². The van der Waals surface area contributed by atoms with Crippen LogP contribution in [0.2, 0.25) is 5.02 Å². The molecule has 1 aromatic rings. The molecule has 0 amide bonds. The van der Waals surface area contributed by atoms with Crippen molar-refractivity contribution >= 4 is 11.6 Å². The normalized spacial score (nSPS) is 22.6. The summed E-state index contributed by atoms with van der Waals surface area (Å²) in [5.74, 6) is 2.04. The Kier molecular flexibility index (Phi) is 5.55. The molecule has 1 N–H and O–H groups in total. The fraction of sp³-hybridized carbons (Fsp3) is 0.625. The smallest absolute Gasteiger partial charge is 0.179 e. The number of nitrogens with one attached hydrogen (secondary N) is 1. The summed E-state index contributed by atoms with van der Waals surface area (Å²) in [4.78, 5) is 0. The number of hydrogen-bond acceptors (Lipinski definition) is 3. The largest absolute Gasteiger partial charge is 0.493 e. The van der Waals surface area contributed by atoms with Gasteiger partial charge in [-0.15, -0.1) is 0 Å². The van der Waals surface area contributed by atoms with Crippen molar-refractivity contribution in [3.8, 4) is 11.5 Å². The standard InChI is InChI=1S/C16H24ClNO2/c1-11-6-4-5-7-14(11)18-10-12-8-13(17)16(20-3)15(9-12)19-2/h8-9,11,14,18H,4-7,10H2,1-3H3. The average Bonchev–Trinajstić information content (AvgIpc) is 2.45. The van der Waals surface area contributed by atoms with Crippen molar-refractivity contribution in [2.24, 2.45) is 5.92 Å². The lowest BCUT2D eigenvalue weighted by Gasteiger charge is -2.29. The molecule has 2 rings (SSSR count). The molecule has 2 atom stereocenters. The van der Waals surface area contributed by atoms with Crippen molar-refractivity contribution in [1.29, 1.82) is 0 Å². The predicted octanol–water partition coefficient (Wildman–Crippen LogP) is 4.03. The van der Waals surface area contributed by atoms with Gasteiger partial charge >= 0.3 is 0 Å². The van der Waals surface area contributed by atoms with E-state index in [2.05, 4.69) is 12.2 Å². The van der Waals surface area contributed by atoms with E-state index >= 15 is 0 Å². The fourth-order valence-electron chi connectivity index (χ4n) is 2.94. The van der Waals surface area contributed by atoms with Crippen LogP contribution in [-0.4, -0.2) is 20.3 Å². The molecule has 1 aromatic carbocycles. The lowest BCUT2D eigenvalue weighted by molar-refractivity contribution is 0.279. The van der Waals surface area contributed by atoms with Crippen molar-refractivity contribution in [2.75, 3.05) is 14.2 Å². The van der Waals surface area contributed by atoms with E-state index in [1.807, 2.05) is 12.1 Å². The molecule has 20 heavy (non-hydrogen) atoms. The minimum absolute atomic E-state index is 0.598. The Morgan fingerprint density at radius 2 is 1.95 bits per heavy atom. The lowest BCUT2D eigenvalue weighted by atomic mass is 9.86. The number of methoxy groups -OCH3 is 2. The molecular formula is C16H24ClNO2. The molecule has 1 aliphatic rings. The third-order valence-corrected chi connectivity index (χ3v) is 4.45.